The Bertz CT molecular complexity index is 1600. The van der Waals surface area contributed by atoms with Crippen molar-refractivity contribution in [3.8, 4) is 11.3 Å². The van der Waals surface area contributed by atoms with Crippen LogP contribution >= 0.6 is 11.6 Å². The van der Waals surface area contributed by atoms with Crippen LogP contribution in [-0.2, 0) is 11.3 Å². The lowest BCUT2D eigenvalue weighted by molar-refractivity contribution is -0.117. The second kappa shape index (κ2) is 8.42. The smallest absolute Gasteiger partial charge is 0.323 e. The number of benzene rings is 2. The highest BCUT2D eigenvalue weighted by Gasteiger charge is 2.16. The van der Waals surface area contributed by atoms with Crippen LogP contribution < -0.4 is 11.0 Å². The van der Waals surface area contributed by atoms with E-state index in [0.29, 0.717) is 17.1 Å². The first-order chi connectivity index (χ1) is 16.3. The second-order valence-corrected chi connectivity index (χ2v) is 8.65. The third-order valence-electron chi connectivity index (χ3n) is 5.56. The van der Waals surface area contributed by atoms with Crippen molar-refractivity contribution >= 4 is 34.4 Å². The van der Waals surface area contributed by atoms with Crippen molar-refractivity contribution in [2.75, 3.05) is 5.32 Å². The molecule has 8 nitrogen and oxygen atoms in total. The van der Waals surface area contributed by atoms with Gasteiger partial charge in [-0.15, -0.1) is 5.10 Å². The molecule has 0 aliphatic carbocycles. The normalized spacial score (nSPS) is 11.6. The number of carbonyl (C=O) groups excluding carboxylic acids is 1. The van der Waals surface area contributed by atoms with E-state index in [0.717, 1.165) is 22.0 Å². The fourth-order valence-corrected chi connectivity index (χ4v) is 3.95. The highest BCUT2D eigenvalue weighted by molar-refractivity contribution is 6.33. The van der Waals surface area contributed by atoms with E-state index in [9.17, 15) is 14.0 Å². The van der Waals surface area contributed by atoms with Crippen LogP contribution in [-0.4, -0.2) is 29.7 Å². The minimum atomic E-state index is -0.519. The van der Waals surface area contributed by atoms with Gasteiger partial charge in [-0.2, -0.15) is 5.10 Å². The molecule has 0 fully saturated rings. The molecular weight excluding hydrogens is 459 g/mol. The average Bonchev–Trinajstić information content (AvgIpc) is 3.37. The molecule has 1 N–H and O–H groups in total. The van der Waals surface area contributed by atoms with Gasteiger partial charge in [-0.1, -0.05) is 49.7 Å². The minimum absolute atomic E-state index is 0.0608. The Morgan fingerprint density at radius 3 is 2.56 bits per heavy atom. The molecule has 34 heavy (non-hydrogen) atoms. The monoisotopic (exact) mass is 478 g/mol. The third kappa shape index (κ3) is 3.94. The molecule has 5 rings (SSSR count). The van der Waals surface area contributed by atoms with Crippen LogP contribution in [0.5, 0.6) is 0 Å². The van der Waals surface area contributed by atoms with Gasteiger partial charge in [-0.05, 0) is 35.7 Å². The van der Waals surface area contributed by atoms with Crippen LogP contribution in [0.1, 0.15) is 25.3 Å². The Balaban J connectivity index is 1.46. The van der Waals surface area contributed by atoms with Gasteiger partial charge >= 0.3 is 5.69 Å². The van der Waals surface area contributed by atoms with Crippen LogP contribution in [0.4, 0.5) is 10.1 Å². The van der Waals surface area contributed by atoms with Crippen LogP contribution in [0.15, 0.2) is 65.7 Å². The average molecular weight is 479 g/mol. The zero-order valence-electron chi connectivity index (χ0n) is 18.4. The zero-order chi connectivity index (χ0) is 24.0. The van der Waals surface area contributed by atoms with Gasteiger partial charge in [0.15, 0.2) is 5.65 Å². The van der Waals surface area contributed by atoms with E-state index in [-0.39, 0.29) is 17.3 Å². The summed E-state index contributed by atoms with van der Waals surface area (Å²) in [4.78, 5) is 25.3. The largest absolute Gasteiger partial charge is 0.350 e. The number of amides is 1. The van der Waals surface area contributed by atoms with Gasteiger partial charge in [-0.3, -0.25) is 4.79 Å². The van der Waals surface area contributed by atoms with E-state index < -0.39 is 17.4 Å². The predicted molar refractivity (Wildman–Crippen MR) is 128 cm³/mol. The zero-order valence-corrected chi connectivity index (χ0v) is 19.1. The lowest BCUT2D eigenvalue weighted by Gasteiger charge is -2.06. The van der Waals surface area contributed by atoms with Crippen molar-refractivity contribution in [3.63, 3.8) is 0 Å². The van der Waals surface area contributed by atoms with Gasteiger partial charge in [-0.25, -0.2) is 22.8 Å². The third-order valence-corrected chi connectivity index (χ3v) is 5.88. The van der Waals surface area contributed by atoms with Gasteiger partial charge in [0, 0.05) is 18.0 Å². The molecular formula is C24H20ClFN6O2. The summed E-state index contributed by atoms with van der Waals surface area (Å²) < 4.78 is 17.3. The van der Waals surface area contributed by atoms with Crippen molar-refractivity contribution in [2.24, 2.45) is 0 Å². The van der Waals surface area contributed by atoms with Gasteiger partial charge in [0.25, 0.3) is 0 Å². The Morgan fingerprint density at radius 1 is 1.09 bits per heavy atom. The molecule has 3 aromatic heterocycles. The molecule has 172 valence electrons. The second-order valence-electron chi connectivity index (χ2n) is 8.24. The number of halogens is 2. The summed E-state index contributed by atoms with van der Waals surface area (Å²) in [5.74, 6) is -0.601. The molecule has 1 amide bonds. The summed E-state index contributed by atoms with van der Waals surface area (Å²) in [6, 6.07) is 13.7. The maximum Gasteiger partial charge on any atom is 0.350 e. The molecule has 0 aliphatic heterocycles. The number of hydrogen-bond acceptors (Lipinski definition) is 4. The molecule has 0 spiro atoms. The van der Waals surface area contributed by atoms with E-state index in [1.54, 1.807) is 16.9 Å². The minimum Gasteiger partial charge on any atom is -0.323 e. The van der Waals surface area contributed by atoms with Crippen LogP contribution in [0, 0.1) is 5.82 Å². The highest BCUT2D eigenvalue weighted by atomic mass is 35.5. The van der Waals surface area contributed by atoms with E-state index in [2.05, 4.69) is 41.5 Å². The van der Waals surface area contributed by atoms with E-state index in [1.165, 1.54) is 22.1 Å². The Hall–Kier alpha value is -3.98. The summed E-state index contributed by atoms with van der Waals surface area (Å²) in [5, 5.41) is 11.6. The van der Waals surface area contributed by atoms with Gasteiger partial charge in [0.1, 0.15) is 17.9 Å². The summed E-state index contributed by atoms with van der Waals surface area (Å²) in [6.07, 6.45) is 3.22. The predicted octanol–water partition coefficient (Wildman–Crippen LogP) is 4.37. The molecule has 3 heterocycles. The summed E-state index contributed by atoms with van der Waals surface area (Å²) in [6.45, 7) is 3.94. The summed E-state index contributed by atoms with van der Waals surface area (Å²) >= 11 is 5.96. The molecule has 0 bridgehead atoms. The fraction of sp³-hybridized carbons (Fsp3) is 0.167. The molecule has 2 aromatic carbocycles. The first kappa shape index (κ1) is 21.8. The molecule has 0 radical (unpaired) electrons. The topological polar surface area (TPSA) is 85.7 Å². The number of rotatable bonds is 5. The van der Waals surface area contributed by atoms with Crippen molar-refractivity contribution in [1.82, 2.24) is 23.8 Å². The lowest BCUT2D eigenvalue weighted by atomic mass is 10.0. The molecule has 5 aromatic rings. The fourth-order valence-electron chi connectivity index (χ4n) is 3.73. The lowest BCUT2D eigenvalue weighted by Crippen LogP contribution is -2.28. The number of nitrogens with zero attached hydrogens (tertiary/aromatic N) is 5. The van der Waals surface area contributed by atoms with Gasteiger partial charge < -0.3 is 5.32 Å². The summed E-state index contributed by atoms with van der Waals surface area (Å²) in [7, 11) is 0. The maximum atomic E-state index is 13.2. The Kier molecular flexibility index (Phi) is 5.41. The standard InChI is InChI=1S/C24H20ClFN6O2/c1-14(2)15-3-5-16(6-4-15)20-12-21-23-29-32(24(34)30(23)9-10-31(21)28-20)13-22(33)27-19-8-7-17(26)11-18(19)25/h3-12,14H,13H2,1-2H3,(H,27,33). The van der Waals surface area contributed by atoms with Crippen molar-refractivity contribution in [3.05, 3.63) is 87.8 Å². The quantitative estimate of drug-likeness (QED) is 0.406. The van der Waals surface area contributed by atoms with E-state index >= 15 is 0 Å². The molecule has 0 atom stereocenters. The maximum absolute atomic E-state index is 13.2. The Morgan fingerprint density at radius 2 is 1.85 bits per heavy atom. The van der Waals surface area contributed by atoms with Gasteiger partial charge in [0.2, 0.25) is 5.91 Å². The number of aromatic nitrogens is 5. The van der Waals surface area contributed by atoms with Crippen molar-refractivity contribution in [2.45, 2.75) is 26.3 Å². The molecule has 0 aliphatic rings. The van der Waals surface area contributed by atoms with Crippen molar-refractivity contribution in [1.29, 1.82) is 0 Å². The molecule has 0 saturated carbocycles. The first-order valence-corrected chi connectivity index (χ1v) is 11.0. The van der Waals surface area contributed by atoms with Crippen molar-refractivity contribution < 1.29 is 9.18 Å². The highest BCUT2D eigenvalue weighted by Crippen LogP contribution is 2.24. The Labute approximate surface area is 198 Å². The number of hydrogen-bond donors (Lipinski definition) is 1. The SMILES string of the molecule is CC(C)c1ccc(-c2cc3c4nn(CC(=O)Nc5ccc(F)cc5Cl)c(=O)n4ccn3n2)cc1. The molecule has 0 unspecified atom stereocenters. The summed E-state index contributed by atoms with van der Waals surface area (Å²) in [5.41, 5.74) is 3.71. The number of fused-ring (bicyclic) bond motifs is 3. The van der Waals surface area contributed by atoms with Gasteiger partial charge in [0.05, 0.1) is 16.4 Å². The molecule has 0 saturated heterocycles. The van der Waals surface area contributed by atoms with Crippen LogP contribution in [0.2, 0.25) is 5.02 Å². The number of anilines is 1. The number of nitrogens with one attached hydrogen (secondary N) is 1. The number of carbonyl (C=O) groups is 1. The first-order valence-electron chi connectivity index (χ1n) is 10.6. The van der Waals surface area contributed by atoms with Crippen LogP contribution in [0.25, 0.3) is 22.4 Å². The van der Waals surface area contributed by atoms with E-state index in [4.69, 9.17) is 11.6 Å². The van der Waals surface area contributed by atoms with Crippen LogP contribution in [0.3, 0.4) is 0 Å². The van der Waals surface area contributed by atoms with E-state index in [1.807, 2.05) is 18.2 Å². The molecule has 10 heteroatoms.